The fourth-order valence-corrected chi connectivity index (χ4v) is 5.26. The molecule has 0 spiro atoms. The summed E-state index contributed by atoms with van der Waals surface area (Å²) in [5, 5.41) is 16.5. The van der Waals surface area contributed by atoms with Gasteiger partial charge in [-0.3, -0.25) is 0 Å². The van der Waals surface area contributed by atoms with E-state index < -0.39 is 5.60 Å². The summed E-state index contributed by atoms with van der Waals surface area (Å²) in [6, 6.07) is 19.8. The van der Waals surface area contributed by atoms with E-state index in [4.69, 9.17) is 4.98 Å². The molecule has 0 aliphatic heterocycles. The summed E-state index contributed by atoms with van der Waals surface area (Å²) in [4.78, 5) is 27.0. The third kappa shape index (κ3) is 5.54. The molecule has 1 aliphatic rings. The molecular weight excluding hydrogens is 486 g/mol. The molecule has 0 unspecified atom stereocenters. The van der Waals surface area contributed by atoms with Crippen LogP contribution in [0.3, 0.4) is 0 Å². The van der Waals surface area contributed by atoms with Crippen molar-refractivity contribution in [1.29, 1.82) is 0 Å². The predicted molar refractivity (Wildman–Crippen MR) is 154 cm³/mol. The molecule has 2 amide bonds. The highest BCUT2D eigenvalue weighted by Gasteiger charge is 2.33. The van der Waals surface area contributed by atoms with Crippen molar-refractivity contribution in [2.75, 3.05) is 5.32 Å². The van der Waals surface area contributed by atoms with Gasteiger partial charge in [0.2, 0.25) is 0 Å². The number of nitrogens with one attached hydrogen (secondary N) is 2. The molecule has 200 valence electrons. The first-order valence-electron chi connectivity index (χ1n) is 13.3. The van der Waals surface area contributed by atoms with Gasteiger partial charge in [0.25, 0.3) is 0 Å². The van der Waals surface area contributed by atoms with E-state index in [-0.39, 0.29) is 17.5 Å². The minimum atomic E-state index is -1.13. The highest BCUT2D eigenvalue weighted by atomic mass is 16.3. The molecule has 7 heteroatoms. The van der Waals surface area contributed by atoms with Crippen molar-refractivity contribution < 1.29 is 9.90 Å². The number of hydrogen-bond donors (Lipinski definition) is 3. The van der Waals surface area contributed by atoms with Crippen molar-refractivity contribution in [3.8, 4) is 22.5 Å². The van der Waals surface area contributed by atoms with E-state index >= 15 is 0 Å². The number of amides is 2. The van der Waals surface area contributed by atoms with Gasteiger partial charge in [0.1, 0.15) is 5.60 Å². The quantitative estimate of drug-likeness (QED) is 0.272. The van der Waals surface area contributed by atoms with Crippen LogP contribution in [-0.2, 0) is 11.0 Å². The maximum Gasteiger partial charge on any atom is 0.319 e. The zero-order valence-electron chi connectivity index (χ0n) is 23.1. The molecule has 2 heterocycles. The Balaban J connectivity index is 1.46. The molecule has 2 aromatic heterocycles. The number of aromatic nitrogens is 3. The standard InChI is InChI=1S/C32H35N5O2/c1-20-17-26(36-30(38)35-25-15-16-31(2,3)24-14-10-9-13-23(24)25)28(21-11-7-6-8-12-21)37-27(20)22-18-33-29(34-19-22)32(4,5)39/h6-14,17-19,25,39H,15-16H2,1-5H3,(H2,35,36,38)/t25-/m0/s1. The Labute approximate surface area is 229 Å². The number of hydrogen-bond acceptors (Lipinski definition) is 5. The minimum Gasteiger partial charge on any atom is -0.382 e. The first-order chi connectivity index (χ1) is 18.5. The number of anilines is 1. The molecule has 0 radical (unpaired) electrons. The third-order valence-corrected chi connectivity index (χ3v) is 7.41. The molecule has 3 N–H and O–H groups in total. The number of urea groups is 1. The summed E-state index contributed by atoms with van der Waals surface area (Å²) in [5.41, 5.74) is 5.88. The number of fused-ring (bicyclic) bond motifs is 1. The smallest absolute Gasteiger partial charge is 0.319 e. The summed E-state index contributed by atoms with van der Waals surface area (Å²) < 4.78 is 0. The number of pyridine rings is 1. The molecule has 0 fully saturated rings. The maximum absolute atomic E-state index is 13.3. The lowest BCUT2D eigenvalue weighted by Gasteiger charge is -2.37. The molecular formula is C32H35N5O2. The Morgan fingerprint density at radius 3 is 2.33 bits per heavy atom. The van der Waals surface area contributed by atoms with Crippen LogP contribution < -0.4 is 10.6 Å². The van der Waals surface area contributed by atoms with Gasteiger partial charge in [0.15, 0.2) is 5.82 Å². The van der Waals surface area contributed by atoms with Gasteiger partial charge in [-0.2, -0.15) is 0 Å². The Hall–Kier alpha value is -4.10. The Bertz CT molecular complexity index is 1490. The maximum atomic E-state index is 13.3. The van der Waals surface area contributed by atoms with Gasteiger partial charge in [-0.05, 0) is 61.8 Å². The number of rotatable bonds is 5. The first kappa shape index (κ1) is 26.5. The monoisotopic (exact) mass is 521 g/mol. The number of carbonyl (C=O) groups excluding carboxylic acids is 1. The first-order valence-corrected chi connectivity index (χ1v) is 13.3. The molecule has 7 nitrogen and oxygen atoms in total. The summed E-state index contributed by atoms with van der Waals surface area (Å²) in [6.07, 6.45) is 5.21. The van der Waals surface area contributed by atoms with Crippen LogP contribution in [0.5, 0.6) is 0 Å². The Morgan fingerprint density at radius 1 is 0.974 bits per heavy atom. The van der Waals surface area contributed by atoms with Crippen LogP contribution in [0.4, 0.5) is 10.5 Å². The molecule has 2 aromatic carbocycles. The fourth-order valence-electron chi connectivity index (χ4n) is 5.26. The van der Waals surface area contributed by atoms with Crippen molar-refractivity contribution in [2.45, 2.75) is 64.5 Å². The van der Waals surface area contributed by atoms with Crippen LogP contribution in [0.15, 0.2) is 73.1 Å². The van der Waals surface area contributed by atoms with Gasteiger partial charge >= 0.3 is 6.03 Å². The fraction of sp³-hybridized carbons (Fsp3) is 0.312. The zero-order valence-corrected chi connectivity index (χ0v) is 23.1. The lowest BCUT2D eigenvalue weighted by atomic mass is 9.71. The van der Waals surface area contributed by atoms with Crippen molar-refractivity contribution in [3.05, 3.63) is 95.6 Å². The van der Waals surface area contributed by atoms with Gasteiger partial charge in [-0.1, -0.05) is 68.4 Å². The van der Waals surface area contributed by atoms with Crippen molar-refractivity contribution >= 4 is 11.7 Å². The number of aliphatic hydroxyl groups is 1. The summed E-state index contributed by atoms with van der Waals surface area (Å²) in [5.74, 6) is 0.342. The van der Waals surface area contributed by atoms with Crippen LogP contribution >= 0.6 is 0 Å². The normalized spacial score (nSPS) is 16.3. The van der Waals surface area contributed by atoms with Gasteiger partial charge in [0, 0.05) is 23.5 Å². The minimum absolute atomic E-state index is 0.0610. The average molecular weight is 522 g/mol. The van der Waals surface area contributed by atoms with Crippen LogP contribution in [0.2, 0.25) is 0 Å². The van der Waals surface area contributed by atoms with E-state index in [9.17, 15) is 9.90 Å². The SMILES string of the molecule is Cc1cc(NC(=O)N[C@H]2CCC(C)(C)c3ccccc32)c(-c2ccccc2)nc1-c1cnc(C(C)(C)O)nc1. The zero-order chi connectivity index (χ0) is 27.8. The molecule has 0 saturated heterocycles. The van der Waals surface area contributed by atoms with Gasteiger partial charge in [-0.25, -0.2) is 19.7 Å². The number of benzene rings is 2. The second-order valence-corrected chi connectivity index (χ2v) is 11.4. The molecule has 1 aliphatic carbocycles. The van der Waals surface area contributed by atoms with Crippen molar-refractivity contribution in [3.63, 3.8) is 0 Å². The predicted octanol–water partition coefficient (Wildman–Crippen LogP) is 6.68. The summed E-state index contributed by atoms with van der Waals surface area (Å²) in [6.45, 7) is 9.76. The van der Waals surface area contributed by atoms with E-state index in [0.717, 1.165) is 29.5 Å². The average Bonchev–Trinajstić information content (AvgIpc) is 2.91. The Morgan fingerprint density at radius 2 is 1.64 bits per heavy atom. The largest absolute Gasteiger partial charge is 0.382 e. The topological polar surface area (TPSA) is 100 Å². The van der Waals surface area contributed by atoms with E-state index in [0.29, 0.717) is 22.9 Å². The van der Waals surface area contributed by atoms with Crippen molar-refractivity contribution in [2.24, 2.45) is 0 Å². The number of carbonyl (C=O) groups is 1. The van der Waals surface area contributed by atoms with Gasteiger partial charge < -0.3 is 15.7 Å². The molecule has 4 aromatic rings. The van der Waals surface area contributed by atoms with Crippen LogP contribution in [-0.4, -0.2) is 26.1 Å². The van der Waals surface area contributed by atoms with E-state index in [1.54, 1.807) is 26.2 Å². The van der Waals surface area contributed by atoms with Crippen molar-refractivity contribution in [1.82, 2.24) is 20.3 Å². The number of nitrogens with zero attached hydrogens (tertiary/aromatic N) is 3. The summed E-state index contributed by atoms with van der Waals surface area (Å²) in [7, 11) is 0. The molecule has 0 saturated carbocycles. The second-order valence-electron chi connectivity index (χ2n) is 11.4. The Kier molecular flexibility index (Phi) is 6.95. The highest BCUT2D eigenvalue weighted by Crippen LogP contribution is 2.41. The third-order valence-electron chi connectivity index (χ3n) is 7.41. The van der Waals surface area contributed by atoms with E-state index in [1.165, 1.54) is 11.1 Å². The summed E-state index contributed by atoms with van der Waals surface area (Å²) >= 11 is 0. The van der Waals surface area contributed by atoms with Gasteiger partial charge in [-0.15, -0.1) is 0 Å². The lowest BCUT2D eigenvalue weighted by molar-refractivity contribution is 0.0687. The van der Waals surface area contributed by atoms with Crippen LogP contribution in [0.1, 0.15) is 69.1 Å². The van der Waals surface area contributed by atoms with Crippen LogP contribution in [0, 0.1) is 6.92 Å². The second kappa shape index (κ2) is 10.2. The number of aryl methyl sites for hydroxylation is 1. The molecule has 5 rings (SSSR count). The molecule has 1 atom stereocenters. The van der Waals surface area contributed by atoms with E-state index in [2.05, 4.69) is 52.6 Å². The molecule has 39 heavy (non-hydrogen) atoms. The highest BCUT2D eigenvalue weighted by molar-refractivity contribution is 5.94. The van der Waals surface area contributed by atoms with E-state index in [1.807, 2.05) is 49.4 Å². The molecule has 0 bridgehead atoms. The van der Waals surface area contributed by atoms with Crippen LogP contribution in [0.25, 0.3) is 22.5 Å². The van der Waals surface area contributed by atoms with Gasteiger partial charge in [0.05, 0.1) is 23.1 Å². The lowest BCUT2D eigenvalue weighted by Crippen LogP contribution is -2.37.